The van der Waals surface area contributed by atoms with E-state index in [1.165, 1.54) is 19.2 Å². The first kappa shape index (κ1) is 23.9. The number of hydrogen-bond acceptors (Lipinski definition) is 7. The lowest BCUT2D eigenvalue weighted by Gasteiger charge is -2.16. The number of oxazole rings is 1. The van der Waals surface area contributed by atoms with Crippen LogP contribution in [0.15, 0.2) is 52.3 Å². The van der Waals surface area contributed by atoms with Crippen LogP contribution >= 0.6 is 11.3 Å². The van der Waals surface area contributed by atoms with Gasteiger partial charge in [0.15, 0.2) is 6.10 Å². The molecule has 2 aromatic heterocycles. The van der Waals surface area contributed by atoms with Crippen molar-refractivity contribution in [2.45, 2.75) is 32.8 Å². The highest BCUT2D eigenvalue weighted by Gasteiger charge is 2.22. The number of aromatic nitrogens is 1. The van der Waals surface area contributed by atoms with Gasteiger partial charge in [0.2, 0.25) is 5.89 Å². The number of hydrogen-bond donors (Lipinski definition) is 0. The van der Waals surface area contributed by atoms with E-state index in [1.54, 1.807) is 23.5 Å². The predicted octanol–water partition coefficient (Wildman–Crippen LogP) is 5.75. The summed E-state index contributed by atoms with van der Waals surface area (Å²) in [6.07, 6.45) is 0.360. The second-order valence-electron chi connectivity index (χ2n) is 7.68. The van der Waals surface area contributed by atoms with Crippen LogP contribution in [0, 0.1) is 12.7 Å². The Kier molecular flexibility index (Phi) is 7.59. The fourth-order valence-corrected chi connectivity index (χ4v) is 4.70. The van der Waals surface area contributed by atoms with Gasteiger partial charge in [-0.15, -0.1) is 11.3 Å². The van der Waals surface area contributed by atoms with Crippen LogP contribution in [0.2, 0.25) is 0 Å². The second-order valence-corrected chi connectivity index (χ2v) is 8.60. The van der Waals surface area contributed by atoms with Crippen LogP contribution in [0.5, 0.6) is 5.75 Å². The molecule has 0 radical (unpaired) electrons. The topological polar surface area (TPSA) is 70.8 Å². The molecule has 1 unspecified atom stereocenters. The van der Waals surface area contributed by atoms with Crippen LogP contribution in [0.4, 0.5) is 4.39 Å². The summed E-state index contributed by atoms with van der Waals surface area (Å²) in [6.45, 7) is 4.56. The van der Waals surface area contributed by atoms with E-state index in [0.29, 0.717) is 37.7 Å². The third-order valence-corrected chi connectivity index (χ3v) is 6.47. The maximum Gasteiger partial charge on any atom is 0.335 e. The fourth-order valence-electron chi connectivity index (χ4n) is 3.76. The van der Waals surface area contributed by atoms with Crippen molar-refractivity contribution in [3.63, 3.8) is 0 Å². The molecule has 0 fully saturated rings. The molecule has 6 nitrogen and oxygen atoms in total. The summed E-state index contributed by atoms with van der Waals surface area (Å²) < 4.78 is 36.6. The van der Waals surface area contributed by atoms with Crippen LogP contribution in [-0.2, 0) is 27.1 Å². The van der Waals surface area contributed by atoms with Crippen molar-refractivity contribution in [2.24, 2.45) is 0 Å². The summed E-state index contributed by atoms with van der Waals surface area (Å²) in [5.41, 5.74) is 2.54. The van der Waals surface area contributed by atoms with Gasteiger partial charge < -0.3 is 18.6 Å². The molecule has 0 amide bonds. The number of methoxy groups -OCH3 is 1. The Hall–Kier alpha value is -3.23. The van der Waals surface area contributed by atoms with Gasteiger partial charge in [-0.25, -0.2) is 14.2 Å². The number of fused-ring (bicyclic) bond motifs is 1. The highest BCUT2D eigenvalue weighted by Crippen LogP contribution is 2.34. The van der Waals surface area contributed by atoms with Crippen LogP contribution in [0.3, 0.4) is 0 Å². The number of halogens is 1. The Morgan fingerprint density at radius 3 is 2.71 bits per heavy atom. The number of esters is 1. The minimum absolute atomic E-state index is 0.301. The van der Waals surface area contributed by atoms with Crippen molar-refractivity contribution in [3.05, 3.63) is 70.7 Å². The molecular formula is C26H26FNO5S. The highest BCUT2D eigenvalue weighted by molar-refractivity contribution is 7.17. The van der Waals surface area contributed by atoms with Crippen LogP contribution in [-0.4, -0.2) is 37.4 Å². The third-order valence-electron chi connectivity index (χ3n) is 5.48. The molecule has 4 aromatic rings. The Bertz CT molecular complexity index is 1260. The normalized spacial score (nSPS) is 12.1. The van der Waals surface area contributed by atoms with Crippen LogP contribution in [0.1, 0.15) is 23.9 Å². The lowest BCUT2D eigenvalue weighted by atomic mass is 10.1. The minimum Gasteiger partial charge on any atom is -0.493 e. The number of carbonyl (C=O) groups excluding carboxylic acids is 1. The summed E-state index contributed by atoms with van der Waals surface area (Å²) in [6, 6.07) is 12.0. The number of benzene rings is 2. The molecular weight excluding hydrogens is 457 g/mol. The standard InChI is InChI=1S/C26H26FNO5S/c1-4-31-23(26(29)30-3)15-18-7-10-22(20-12-14-34-24(18)20)32-13-11-21-16(2)33-25(28-21)17-5-8-19(27)9-6-17/h5-10,12,14,23H,4,11,13,15H2,1-3H3. The van der Waals surface area contributed by atoms with Gasteiger partial charge in [-0.05, 0) is 61.2 Å². The molecule has 2 heterocycles. The molecule has 0 saturated carbocycles. The number of carbonyl (C=O) groups is 1. The zero-order valence-electron chi connectivity index (χ0n) is 19.3. The van der Waals surface area contributed by atoms with Crippen LogP contribution in [0.25, 0.3) is 21.5 Å². The zero-order chi connectivity index (χ0) is 24.1. The average Bonchev–Trinajstić information content (AvgIpc) is 3.47. The maximum absolute atomic E-state index is 13.2. The van der Waals surface area contributed by atoms with E-state index in [-0.39, 0.29) is 11.8 Å². The van der Waals surface area contributed by atoms with Gasteiger partial charge in [-0.1, -0.05) is 6.07 Å². The molecule has 2 aromatic carbocycles. The Labute approximate surface area is 201 Å². The first-order chi connectivity index (χ1) is 16.5. The monoisotopic (exact) mass is 483 g/mol. The van der Waals surface area contributed by atoms with Gasteiger partial charge in [-0.3, -0.25) is 0 Å². The lowest BCUT2D eigenvalue weighted by Crippen LogP contribution is -2.28. The van der Waals surface area contributed by atoms with Gasteiger partial charge in [0.05, 0.1) is 19.4 Å². The van der Waals surface area contributed by atoms with Gasteiger partial charge in [0.25, 0.3) is 0 Å². The van der Waals surface area contributed by atoms with Crippen molar-refractivity contribution >= 4 is 27.4 Å². The van der Waals surface area contributed by atoms with Gasteiger partial charge in [0, 0.05) is 35.1 Å². The van der Waals surface area contributed by atoms with Crippen molar-refractivity contribution in [1.29, 1.82) is 0 Å². The van der Waals surface area contributed by atoms with Crippen molar-refractivity contribution in [3.8, 4) is 17.2 Å². The van der Waals surface area contributed by atoms with Crippen molar-refractivity contribution in [2.75, 3.05) is 20.3 Å². The Balaban J connectivity index is 1.45. The lowest BCUT2D eigenvalue weighted by molar-refractivity contribution is -0.153. The fraction of sp³-hybridized carbons (Fsp3) is 0.308. The smallest absolute Gasteiger partial charge is 0.335 e. The maximum atomic E-state index is 13.2. The average molecular weight is 484 g/mol. The number of aryl methyl sites for hydroxylation is 1. The SMILES string of the molecule is CCOC(Cc1ccc(OCCc2nc(-c3ccc(F)cc3)oc2C)c2ccsc12)C(=O)OC. The van der Waals surface area contributed by atoms with Crippen molar-refractivity contribution < 1.29 is 27.8 Å². The van der Waals surface area contributed by atoms with Gasteiger partial charge >= 0.3 is 5.97 Å². The van der Waals surface area contributed by atoms with E-state index in [1.807, 2.05) is 37.4 Å². The predicted molar refractivity (Wildman–Crippen MR) is 129 cm³/mol. The van der Waals surface area contributed by atoms with Crippen molar-refractivity contribution in [1.82, 2.24) is 4.98 Å². The molecule has 178 valence electrons. The first-order valence-electron chi connectivity index (χ1n) is 11.0. The van der Waals surface area contributed by atoms with E-state index in [2.05, 4.69) is 4.98 Å². The van der Waals surface area contributed by atoms with Crippen LogP contribution < -0.4 is 4.74 Å². The molecule has 0 bridgehead atoms. The molecule has 0 saturated heterocycles. The molecule has 8 heteroatoms. The second kappa shape index (κ2) is 10.8. The summed E-state index contributed by atoms with van der Waals surface area (Å²) in [4.78, 5) is 16.6. The van der Waals surface area contributed by atoms with Gasteiger partial charge in [-0.2, -0.15) is 0 Å². The van der Waals surface area contributed by atoms with E-state index < -0.39 is 6.10 Å². The third kappa shape index (κ3) is 5.29. The van der Waals surface area contributed by atoms with E-state index in [4.69, 9.17) is 18.6 Å². The molecule has 0 aliphatic carbocycles. The summed E-state index contributed by atoms with van der Waals surface area (Å²) in [5.74, 6) is 1.26. The first-order valence-corrected chi connectivity index (χ1v) is 11.9. The minimum atomic E-state index is -0.641. The van der Waals surface area contributed by atoms with E-state index in [0.717, 1.165) is 32.7 Å². The molecule has 34 heavy (non-hydrogen) atoms. The molecule has 0 aliphatic rings. The van der Waals surface area contributed by atoms with E-state index in [9.17, 15) is 9.18 Å². The number of ether oxygens (including phenoxy) is 3. The molecule has 0 N–H and O–H groups in total. The zero-order valence-corrected chi connectivity index (χ0v) is 20.1. The number of nitrogens with zero attached hydrogens (tertiary/aromatic N) is 1. The molecule has 4 rings (SSSR count). The molecule has 1 atom stereocenters. The number of rotatable bonds is 10. The quantitative estimate of drug-likeness (QED) is 0.268. The largest absolute Gasteiger partial charge is 0.493 e. The van der Waals surface area contributed by atoms with Gasteiger partial charge in [0.1, 0.15) is 17.3 Å². The number of thiophene rings is 1. The summed E-state index contributed by atoms with van der Waals surface area (Å²) >= 11 is 1.60. The Morgan fingerprint density at radius 2 is 1.97 bits per heavy atom. The highest BCUT2D eigenvalue weighted by atomic mass is 32.1. The Morgan fingerprint density at radius 1 is 1.18 bits per heavy atom. The van der Waals surface area contributed by atoms with E-state index >= 15 is 0 Å². The molecule has 0 spiro atoms. The molecule has 0 aliphatic heterocycles. The summed E-state index contributed by atoms with van der Waals surface area (Å²) in [5, 5.41) is 3.00. The summed E-state index contributed by atoms with van der Waals surface area (Å²) in [7, 11) is 1.37.